The lowest BCUT2D eigenvalue weighted by atomic mass is 10.2. The van der Waals surface area contributed by atoms with Crippen LogP contribution in [0.4, 0.5) is 5.69 Å². The second-order valence-corrected chi connectivity index (χ2v) is 8.09. The zero-order chi connectivity index (χ0) is 23.3. The number of carbonyl (C=O) groups is 2. The van der Waals surface area contributed by atoms with Crippen LogP contribution in [0.25, 0.3) is 10.1 Å². The highest BCUT2D eigenvalue weighted by atomic mass is 35.5. The van der Waals surface area contributed by atoms with Crippen molar-refractivity contribution in [1.29, 1.82) is 0 Å². The Kier molecular flexibility index (Phi) is 7.62. The maximum absolute atomic E-state index is 12.3. The summed E-state index contributed by atoms with van der Waals surface area (Å²) in [5, 5.41) is 15.7. The number of halogens is 2. The van der Waals surface area contributed by atoms with E-state index in [-0.39, 0.29) is 34.7 Å². The highest BCUT2D eigenvalue weighted by Gasteiger charge is 2.14. The summed E-state index contributed by atoms with van der Waals surface area (Å²) in [6, 6.07) is 8.94. The number of esters is 1. The van der Waals surface area contributed by atoms with Gasteiger partial charge in [-0.1, -0.05) is 23.2 Å². The summed E-state index contributed by atoms with van der Waals surface area (Å²) in [4.78, 5) is 34.5. The topological polar surface area (TPSA) is 120 Å². The van der Waals surface area contributed by atoms with Gasteiger partial charge in [0.2, 0.25) is 0 Å². The van der Waals surface area contributed by atoms with Crippen molar-refractivity contribution < 1.29 is 24.0 Å². The number of fused-ring (bicyclic) bond motifs is 1. The number of nitro benzene ring substituents is 1. The van der Waals surface area contributed by atoms with Gasteiger partial charge in [-0.3, -0.25) is 14.9 Å². The Bertz CT molecular complexity index is 1200. The summed E-state index contributed by atoms with van der Waals surface area (Å²) >= 11 is 13.5. The number of nitro groups is 1. The first-order valence-corrected chi connectivity index (χ1v) is 10.6. The van der Waals surface area contributed by atoms with Crippen molar-refractivity contribution in [1.82, 2.24) is 5.43 Å². The molecule has 0 unspecified atom stereocenters. The van der Waals surface area contributed by atoms with Crippen LogP contribution in [-0.2, 0) is 9.53 Å². The predicted octanol–water partition coefficient (Wildman–Crippen LogP) is 4.82. The number of carbonyl (C=O) groups excluding carboxylic acids is 2. The van der Waals surface area contributed by atoms with E-state index < -0.39 is 16.8 Å². The number of hydrogen-bond donors (Lipinski definition) is 1. The van der Waals surface area contributed by atoms with E-state index in [9.17, 15) is 19.7 Å². The molecule has 1 N–H and O–H groups in total. The first-order valence-electron chi connectivity index (χ1n) is 9.07. The molecule has 0 radical (unpaired) electrons. The summed E-state index contributed by atoms with van der Waals surface area (Å²) in [6.45, 7) is 1.57. The van der Waals surface area contributed by atoms with Crippen molar-refractivity contribution in [2.24, 2.45) is 5.10 Å². The van der Waals surface area contributed by atoms with E-state index in [1.54, 1.807) is 19.1 Å². The van der Waals surface area contributed by atoms with E-state index in [4.69, 9.17) is 32.7 Å². The molecule has 0 bridgehead atoms. The number of rotatable bonds is 8. The Morgan fingerprint density at radius 2 is 1.94 bits per heavy atom. The molecule has 0 aliphatic carbocycles. The Morgan fingerprint density at radius 1 is 1.22 bits per heavy atom. The molecule has 32 heavy (non-hydrogen) atoms. The predicted molar refractivity (Wildman–Crippen MR) is 122 cm³/mol. The van der Waals surface area contributed by atoms with E-state index in [0.29, 0.717) is 15.8 Å². The average Bonchev–Trinajstić information content (AvgIpc) is 3.16. The fourth-order valence-electron chi connectivity index (χ4n) is 2.60. The molecule has 0 aliphatic heterocycles. The molecule has 0 aliphatic rings. The third-order valence-electron chi connectivity index (χ3n) is 3.97. The molecule has 3 aromatic rings. The lowest BCUT2D eigenvalue weighted by molar-refractivity contribution is -0.384. The monoisotopic (exact) mass is 495 g/mol. The van der Waals surface area contributed by atoms with Gasteiger partial charge in [0.1, 0.15) is 0 Å². The van der Waals surface area contributed by atoms with Gasteiger partial charge in [-0.2, -0.15) is 5.10 Å². The molecule has 12 heteroatoms. The SMILES string of the molecule is CCOC(=O)COc1c(Cl)cc(C=NNC(=O)c2cc3cc([N+](=O)[O-])ccc3s2)cc1Cl. The summed E-state index contributed by atoms with van der Waals surface area (Å²) in [5.41, 5.74) is 2.81. The van der Waals surface area contributed by atoms with Crippen LogP contribution in [0.3, 0.4) is 0 Å². The molecule has 2 aromatic carbocycles. The minimum atomic E-state index is -0.552. The summed E-state index contributed by atoms with van der Waals surface area (Å²) in [5.74, 6) is -0.901. The average molecular weight is 496 g/mol. The minimum absolute atomic E-state index is 0.0521. The van der Waals surface area contributed by atoms with Crippen LogP contribution in [0.5, 0.6) is 5.75 Å². The lowest BCUT2D eigenvalue weighted by Crippen LogP contribution is -2.16. The third-order valence-corrected chi connectivity index (χ3v) is 5.65. The molecule has 0 fully saturated rings. The molecule has 1 aromatic heterocycles. The van der Waals surface area contributed by atoms with E-state index in [0.717, 1.165) is 4.70 Å². The van der Waals surface area contributed by atoms with Crippen LogP contribution >= 0.6 is 34.5 Å². The normalized spacial score (nSPS) is 11.0. The number of nitrogens with zero attached hydrogens (tertiary/aromatic N) is 2. The molecular weight excluding hydrogens is 481 g/mol. The Labute approximate surface area is 195 Å². The number of hydrogen-bond acceptors (Lipinski definition) is 8. The van der Waals surface area contributed by atoms with E-state index in [1.807, 2.05) is 0 Å². The van der Waals surface area contributed by atoms with Crippen molar-refractivity contribution in [3.05, 3.63) is 67.0 Å². The van der Waals surface area contributed by atoms with Crippen LogP contribution in [0, 0.1) is 10.1 Å². The first-order chi connectivity index (χ1) is 15.3. The Morgan fingerprint density at radius 3 is 2.59 bits per heavy atom. The molecule has 3 rings (SSSR count). The Hall–Kier alpha value is -3.21. The number of ether oxygens (including phenoxy) is 2. The standard InChI is InChI=1S/C20H15Cl2N3O6S/c1-2-30-18(26)10-31-19-14(21)5-11(6-15(19)22)9-23-24-20(27)17-8-12-7-13(25(28)29)3-4-16(12)32-17/h3-9H,2,10H2,1H3,(H,24,27). The van der Waals surface area contributed by atoms with Crippen LogP contribution in [-0.4, -0.2) is 36.2 Å². The smallest absolute Gasteiger partial charge is 0.344 e. The highest BCUT2D eigenvalue weighted by Crippen LogP contribution is 2.34. The van der Waals surface area contributed by atoms with Gasteiger partial charge in [0.15, 0.2) is 12.4 Å². The molecule has 0 saturated heterocycles. The van der Waals surface area contributed by atoms with Crippen molar-refractivity contribution in [3.8, 4) is 5.75 Å². The molecule has 0 spiro atoms. The maximum Gasteiger partial charge on any atom is 0.344 e. The zero-order valence-electron chi connectivity index (χ0n) is 16.5. The molecule has 9 nitrogen and oxygen atoms in total. The number of amides is 1. The number of non-ortho nitro benzene ring substituents is 1. The number of benzene rings is 2. The molecule has 1 heterocycles. The minimum Gasteiger partial charge on any atom is -0.479 e. The van der Waals surface area contributed by atoms with Gasteiger partial charge < -0.3 is 9.47 Å². The van der Waals surface area contributed by atoms with Crippen molar-refractivity contribution in [3.63, 3.8) is 0 Å². The summed E-state index contributed by atoms with van der Waals surface area (Å²) < 4.78 is 10.8. The van der Waals surface area contributed by atoms with Crippen LogP contribution in [0.2, 0.25) is 10.0 Å². The van der Waals surface area contributed by atoms with Gasteiger partial charge in [-0.25, -0.2) is 10.2 Å². The van der Waals surface area contributed by atoms with Crippen LogP contribution < -0.4 is 10.2 Å². The second-order valence-electron chi connectivity index (χ2n) is 6.20. The van der Waals surface area contributed by atoms with Gasteiger partial charge in [-0.05, 0) is 36.8 Å². The van der Waals surface area contributed by atoms with E-state index in [2.05, 4.69) is 10.5 Å². The molecule has 0 saturated carbocycles. The molecule has 1 amide bonds. The fraction of sp³-hybridized carbons (Fsp3) is 0.150. The van der Waals surface area contributed by atoms with E-state index >= 15 is 0 Å². The quantitative estimate of drug-likeness (QED) is 0.207. The first kappa shape index (κ1) is 23.5. The maximum atomic E-state index is 12.3. The van der Waals surface area contributed by atoms with Crippen molar-refractivity contribution >= 4 is 68.4 Å². The molecular formula is C20H15Cl2N3O6S. The molecule has 166 valence electrons. The van der Waals surface area contributed by atoms with E-state index in [1.165, 1.54) is 41.8 Å². The lowest BCUT2D eigenvalue weighted by Gasteiger charge is -2.10. The van der Waals surface area contributed by atoms with Gasteiger partial charge in [0.05, 0.1) is 32.7 Å². The number of hydrazone groups is 1. The summed E-state index contributed by atoms with van der Waals surface area (Å²) in [7, 11) is 0. The molecule has 0 atom stereocenters. The zero-order valence-corrected chi connectivity index (χ0v) is 18.8. The fourth-order valence-corrected chi connectivity index (χ4v) is 4.15. The van der Waals surface area contributed by atoms with Gasteiger partial charge in [-0.15, -0.1) is 11.3 Å². The van der Waals surface area contributed by atoms with Crippen molar-refractivity contribution in [2.45, 2.75) is 6.92 Å². The van der Waals surface area contributed by atoms with Gasteiger partial charge >= 0.3 is 5.97 Å². The number of thiophene rings is 1. The highest BCUT2D eigenvalue weighted by molar-refractivity contribution is 7.20. The van der Waals surface area contributed by atoms with Crippen LogP contribution in [0.15, 0.2) is 41.5 Å². The van der Waals surface area contributed by atoms with Crippen LogP contribution in [0.1, 0.15) is 22.2 Å². The van der Waals surface area contributed by atoms with Crippen molar-refractivity contribution in [2.75, 3.05) is 13.2 Å². The van der Waals surface area contributed by atoms with Gasteiger partial charge in [0.25, 0.3) is 11.6 Å². The number of nitrogens with one attached hydrogen (secondary N) is 1. The second kappa shape index (κ2) is 10.4. The third kappa shape index (κ3) is 5.72. The summed E-state index contributed by atoms with van der Waals surface area (Å²) in [6.07, 6.45) is 1.34. The Balaban J connectivity index is 1.66. The van der Waals surface area contributed by atoms with Gasteiger partial charge in [0, 0.05) is 22.2 Å². The largest absolute Gasteiger partial charge is 0.479 e.